The van der Waals surface area contributed by atoms with Crippen LogP contribution in [0.2, 0.25) is 0 Å². The zero-order valence-corrected chi connectivity index (χ0v) is 19.1. The van der Waals surface area contributed by atoms with Crippen LogP contribution in [0.1, 0.15) is 17.0 Å². The van der Waals surface area contributed by atoms with E-state index in [1.807, 2.05) is 60.7 Å². The first-order valence-corrected chi connectivity index (χ1v) is 10.6. The third-order valence-corrected chi connectivity index (χ3v) is 5.83. The molecular weight excluding hydrogens is 418 g/mol. The topological polar surface area (TPSA) is 57.2 Å². The van der Waals surface area contributed by atoms with Crippen LogP contribution in [-0.2, 0) is 4.79 Å². The van der Waals surface area contributed by atoms with E-state index in [1.165, 1.54) is 0 Å². The van der Waals surface area contributed by atoms with Gasteiger partial charge in [0.05, 0.1) is 46.1 Å². The van der Waals surface area contributed by atoms with Crippen LogP contribution < -0.4 is 23.8 Å². The molecule has 170 valence electrons. The van der Waals surface area contributed by atoms with Crippen molar-refractivity contribution in [3.63, 3.8) is 0 Å². The minimum Gasteiger partial charge on any atom is -0.497 e. The van der Waals surface area contributed by atoms with Crippen LogP contribution in [-0.4, -0.2) is 40.4 Å². The van der Waals surface area contributed by atoms with Crippen molar-refractivity contribution in [3.05, 3.63) is 83.9 Å². The van der Waals surface area contributed by atoms with E-state index in [0.717, 1.165) is 16.9 Å². The number of nitrogens with zero attached hydrogens (tertiary/aromatic N) is 1. The highest BCUT2D eigenvalue weighted by Crippen LogP contribution is 2.46. The predicted molar refractivity (Wildman–Crippen MR) is 129 cm³/mol. The second kappa shape index (κ2) is 9.69. The summed E-state index contributed by atoms with van der Waals surface area (Å²) in [4.78, 5) is 15.2. The third-order valence-electron chi connectivity index (χ3n) is 5.83. The predicted octanol–water partition coefficient (Wildman–Crippen LogP) is 4.93. The normalized spacial score (nSPS) is 17.6. The van der Waals surface area contributed by atoms with E-state index in [9.17, 15) is 4.79 Å². The van der Waals surface area contributed by atoms with Crippen molar-refractivity contribution in [2.45, 2.75) is 12.0 Å². The molecule has 1 aliphatic heterocycles. The van der Waals surface area contributed by atoms with Crippen LogP contribution >= 0.6 is 0 Å². The molecule has 3 aromatic rings. The van der Waals surface area contributed by atoms with Gasteiger partial charge in [0, 0.05) is 12.1 Å². The highest BCUT2D eigenvalue weighted by Gasteiger charge is 2.47. The number of anilines is 1. The van der Waals surface area contributed by atoms with E-state index in [-0.39, 0.29) is 17.9 Å². The van der Waals surface area contributed by atoms with Gasteiger partial charge in [-0.2, -0.15) is 0 Å². The van der Waals surface area contributed by atoms with Gasteiger partial charge in [-0.05, 0) is 23.3 Å². The van der Waals surface area contributed by atoms with Gasteiger partial charge < -0.3 is 23.8 Å². The van der Waals surface area contributed by atoms with Crippen LogP contribution in [0, 0.1) is 0 Å². The van der Waals surface area contributed by atoms with Gasteiger partial charge in [0.25, 0.3) is 0 Å². The Morgan fingerprint density at radius 3 is 1.97 bits per heavy atom. The maximum Gasteiger partial charge on any atom is 0.237 e. The summed E-state index contributed by atoms with van der Waals surface area (Å²) < 4.78 is 21.7. The molecule has 0 unspecified atom stereocenters. The summed E-state index contributed by atoms with van der Waals surface area (Å²) in [5.74, 6) is 2.02. The highest BCUT2D eigenvalue weighted by molar-refractivity contribution is 6.07. The lowest BCUT2D eigenvalue weighted by molar-refractivity contribution is -0.125. The molecule has 6 heteroatoms. The molecule has 2 atom stereocenters. The van der Waals surface area contributed by atoms with E-state index in [1.54, 1.807) is 45.5 Å². The monoisotopic (exact) mass is 445 g/mol. The van der Waals surface area contributed by atoms with Gasteiger partial charge in [0.2, 0.25) is 11.7 Å². The van der Waals surface area contributed by atoms with E-state index < -0.39 is 0 Å². The van der Waals surface area contributed by atoms with Crippen molar-refractivity contribution in [1.82, 2.24) is 0 Å². The quantitative estimate of drug-likeness (QED) is 0.460. The highest BCUT2D eigenvalue weighted by atomic mass is 16.5. The zero-order valence-electron chi connectivity index (χ0n) is 19.1. The van der Waals surface area contributed by atoms with Gasteiger partial charge in [0.1, 0.15) is 5.75 Å². The van der Waals surface area contributed by atoms with Gasteiger partial charge >= 0.3 is 0 Å². The van der Waals surface area contributed by atoms with E-state index in [0.29, 0.717) is 22.9 Å². The van der Waals surface area contributed by atoms with Gasteiger partial charge in [-0.3, -0.25) is 4.79 Å². The van der Waals surface area contributed by atoms with E-state index in [4.69, 9.17) is 18.9 Å². The molecule has 6 nitrogen and oxygen atoms in total. The number of ether oxygens (including phenoxy) is 4. The van der Waals surface area contributed by atoms with Crippen molar-refractivity contribution >= 4 is 17.7 Å². The Morgan fingerprint density at radius 1 is 0.788 bits per heavy atom. The average Bonchev–Trinajstić information content (AvgIpc) is 2.86. The minimum atomic E-state index is -0.278. The Hall–Kier alpha value is -3.93. The second-order valence-corrected chi connectivity index (χ2v) is 7.60. The SMILES string of the molecule is COc1ccc(/C=C/[C@@H]2[C@@H](c3ccccc3)C(=O)N2c2cc(OC)c(OC)c(OC)c2)cc1. The summed E-state index contributed by atoms with van der Waals surface area (Å²) in [5, 5.41) is 0. The molecule has 1 saturated heterocycles. The Kier molecular flexibility index (Phi) is 6.54. The molecule has 4 rings (SSSR count). The molecule has 1 aliphatic rings. The minimum absolute atomic E-state index is 0.0138. The number of benzene rings is 3. The Labute approximate surface area is 194 Å². The molecule has 33 heavy (non-hydrogen) atoms. The van der Waals surface area contributed by atoms with Crippen molar-refractivity contribution in [1.29, 1.82) is 0 Å². The lowest BCUT2D eigenvalue weighted by atomic mass is 9.80. The summed E-state index contributed by atoms with van der Waals surface area (Å²) in [6, 6.07) is 21.1. The summed E-state index contributed by atoms with van der Waals surface area (Å²) in [5.41, 5.74) is 2.69. The Morgan fingerprint density at radius 2 is 1.42 bits per heavy atom. The van der Waals surface area contributed by atoms with Crippen LogP contribution in [0.5, 0.6) is 23.0 Å². The second-order valence-electron chi connectivity index (χ2n) is 7.60. The van der Waals surface area contributed by atoms with Crippen molar-refractivity contribution < 1.29 is 23.7 Å². The molecule has 0 N–H and O–H groups in total. The number of hydrogen-bond donors (Lipinski definition) is 0. The van der Waals surface area contributed by atoms with Crippen molar-refractivity contribution in [3.8, 4) is 23.0 Å². The molecule has 1 amide bonds. The maximum absolute atomic E-state index is 13.4. The number of hydrogen-bond acceptors (Lipinski definition) is 5. The average molecular weight is 446 g/mol. The molecule has 0 saturated carbocycles. The molecule has 0 bridgehead atoms. The first-order chi connectivity index (χ1) is 16.1. The van der Waals surface area contributed by atoms with E-state index in [2.05, 4.69) is 6.08 Å². The molecule has 0 spiro atoms. The largest absolute Gasteiger partial charge is 0.497 e. The molecular formula is C27H27NO5. The molecule has 0 aromatic heterocycles. The van der Waals surface area contributed by atoms with Crippen LogP contribution in [0.4, 0.5) is 5.69 Å². The summed E-state index contributed by atoms with van der Waals surface area (Å²) >= 11 is 0. The van der Waals surface area contributed by atoms with Gasteiger partial charge in [-0.25, -0.2) is 0 Å². The molecule has 1 fully saturated rings. The van der Waals surface area contributed by atoms with Crippen molar-refractivity contribution in [2.75, 3.05) is 33.3 Å². The number of methoxy groups -OCH3 is 4. The molecule has 3 aromatic carbocycles. The Balaban J connectivity index is 1.73. The molecule has 1 heterocycles. The molecule has 0 radical (unpaired) electrons. The fraction of sp³-hybridized carbons (Fsp3) is 0.222. The number of carbonyl (C=O) groups excluding carboxylic acids is 1. The number of amides is 1. The van der Waals surface area contributed by atoms with Gasteiger partial charge in [-0.15, -0.1) is 0 Å². The van der Waals surface area contributed by atoms with Crippen LogP contribution in [0.25, 0.3) is 6.08 Å². The lowest BCUT2D eigenvalue weighted by Gasteiger charge is -2.46. The van der Waals surface area contributed by atoms with Gasteiger partial charge in [0.15, 0.2) is 11.5 Å². The van der Waals surface area contributed by atoms with Crippen molar-refractivity contribution in [2.24, 2.45) is 0 Å². The van der Waals surface area contributed by atoms with Gasteiger partial charge in [-0.1, -0.05) is 54.6 Å². The maximum atomic E-state index is 13.4. The summed E-state index contributed by atoms with van der Waals surface area (Å²) in [6.07, 6.45) is 4.08. The summed E-state index contributed by atoms with van der Waals surface area (Å²) in [6.45, 7) is 0. The fourth-order valence-electron chi connectivity index (χ4n) is 4.14. The first-order valence-electron chi connectivity index (χ1n) is 10.6. The third kappa shape index (κ3) is 4.24. The fourth-order valence-corrected chi connectivity index (χ4v) is 4.14. The molecule has 0 aliphatic carbocycles. The van der Waals surface area contributed by atoms with E-state index >= 15 is 0 Å². The first kappa shape index (κ1) is 22.3. The smallest absolute Gasteiger partial charge is 0.237 e. The lowest BCUT2D eigenvalue weighted by Crippen LogP contribution is -2.58. The number of β-lactam (4-membered cyclic amide) rings is 1. The van der Waals surface area contributed by atoms with Crippen LogP contribution in [0.3, 0.4) is 0 Å². The standard InChI is InChI=1S/C27H27NO5/c1-30-21-13-10-18(11-14-21)12-15-22-25(19-8-6-5-7-9-19)27(29)28(22)20-16-23(31-2)26(33-4)24(17-20)32-3/h5-17,22,25H,1-4H3/b15-12+/t22-,25-/m1/s1. The number of carbonyl (C=O) groups is 1. The number of rotatable bonds is 8. The zero-order chi connectivity index (χ0) is 23.4. The summed E-state index contributed by atoms with van der Waals surface area (Å²) in [7, 11) is 6.32. The Bertz CT molecular complexity index is 1120. The van der Waals surface area contributed by atoms with Crippen LogP contribution in [0.15, 0.2) is 72.8 Å².